The maximum absolute atomic E-state index is 14.4. The van der Waals surface area contributed by atoms with Crippen LogP contribution in [-0.2, 0) is 10.2 Å². The number of rotatable bonds is 7. The molecule has 1 fully saturated rings. The lowest BCUT2D eigenvalue weighted by Gasteiger charge is -2.25. The molecule has 174 valence electrons. The number of nitrogens with one attached hydrogen (secondary N) is 2. The quantitative estimate of drug-likeness (QED) is 0.508. The van der Waals surface area contributed by atoms with Gasteiger partial charge < -0.3 is 9.47 Å². The minimum absolute atomic E-state index is 0.102. The number of halogens is 6. The van der Waals surface area contributed by atoms with Gasteiger partial charge in [-0.25, -0.2) is 9.11 Å². The molecule has 3 rings (SSSR count). The molecule has 2 aromatic rings. The van der Waals surface area contributed by atoms with Crippen LogP contribution in [0.15, 0.2) is 30.3 Å². The third-order valence-electron chi connectivity index (χ3n) is 4.28. The summed E-state index contributed by atoms with van der Waals surface area (Å²) in [5.41, 5.74) is -0.659. The van der Waals surface area contributed by atoms with E-state index in [-0.39, 0.29) is 22.6 Å². The highest BCUT2D eigenvalue weighted by Crippen LogP contribution is 2.37. The summed E-state index contributed by atoms with van der Waals surface area (Å²) in [7, 11) is -4.20. The molecule has 2 N–H and O–H groups in total. The minimum atomic E-state index is -4.95. The fourth-order valence-electron chi connectivity index (χ4n) is 2.61. The van der Waals surface area contributed by atoms with E-state index >= 15 is 0 Å². The summed E-state index contributed by atoms with van der Waals surface area (Å²) in [4.78, 5) is 12.2. The van der Waals surface area contributed by atoms with Crippen molar-refractivity contribution in [2.24, 2.45) is 0 Å². The zero-order valence-electron chi connectivity index (χ0n) is 15.8. The molecule has 1 aliphatic rings. The number of carbonyl (C=O) groups excluding carboxylic acids is 1. The molecule has 0 bridgehead atoms. The second-order valence-corrected chi connectivity index (χ2v) is 8.95. The Bertz CT molecular complexity index is 1140. The summed E-state index contributed by atoms with van der Waals surface area (Å²) in [5.74, 6) is -3.47. The normalized spacial score (nSPS) is 14.6. The van der Waals surface area contributed by atoms with E-state index in [4.69, 9.17) is 27.9 Å². The summed E-state index contributed by atoms with van der Waals surface area (Å²) >= 11 is 11.7. The average molecular weight is 517 g/mol. The first-order chi connectivity index (χ1) is 14.8. The highest BCUT2D eigenvalue weighted by molar-refractivity contribution is 7.88. The number of carbonyl (C=O) groups is 1. The smallest absolute Gasteiger partial charge is 0.456 e. The van der Waals surface area contributed by atoms with Gasteiger partial charge in [-0.05, 0) is 31.0 Å². The van der Waals surface area contributed by atoms with Crippen LogP contribution >= 0.6 is 23.2 Å². The average Bonchev–Trinajstić information content (AvgIpc) is 2.62. The summed E-state index contributed by atoms with van der Waals surface area (Å²) in [6.45, 7) is 0. The third kappa shape index (κ3) is 6.37. The molecule has 1 amide bonds. The highest BCUT2D eigenvalue weighted by Gasteiger charge is 2.32. The number of amides is 1. The van der Waals surface area contributed by atoms with Gasteiger partial charge in [-0.2, -0.15) is 13.1 Å². The fraction of sp³-hybridized carbons (Fsp3) is 0.278. The molecule has 0 aromatic heterocycles. The van der Waals surface area contributed by atoms with E-state index in [0.717, 1.165) is 36.8 Å². The Hall–Kier alpha value is -2.28. The topological polar surface area (TPSA) is 93.7 Å². The molecule has 14 heteroatoms. The molecule has 0 radical (unpaired) electrons. The van der Waals surface area contributed by atoms with Gasteiger partial charge in [0.1, 0.15) is 23.1 Å². The van der Waals surface area contributed by atoms with Crippen LogP contribution < -0.4 is 18.9 Å². The molecule has 0 aliphatic heterocycles. The van der Waals surface area contributed by atoms with Gasteiger partial charge in [0.05, 0.1) is 15.6 Å². The van der Waals surface area contributed by atoms with Crippen molar-refractivity contribution in [1.29, 1.82) is 0 Å². The van der Waals surface area contributed by atoms with Crippen LogP contribution in [0.5, 0.6) is 17.2 Å². The zero-order chi connectivity index (χ0) is 23.7. The predicted molar refractivity (Wildman–Crippen MR) is 107 cm³/mol. The maximum atomic E-state index is 14.4. The number of alkyl halides is 3. The van der Waals surface area contributed by atoms with Crippen molar-refractivity contribution in [3.8, 4) is 17.2 Å². The molecule has 0 saturated heterocycles. The van der Waals surface area contributed by atoms with Crippen LogP contribution in [0.25, 0.3) is 0 Å². The van der Waals surface area contributed by atoms with Crippen molar-refractivity contribution >= 4 is 39.3 Å². The standard InChI is InChI=1S/C18H14Cl2F4N2O5S/c19-12-6-10(4-5-15(12)31-18(22,23)24)30-16-8-14(21)11(7-13(16)20)17(27)26-32(28,29)25-9-2-1-3-9/h4-9,25H,1-3H2,(H,26,27). The van der Waals surface area contributed by atoms with Crippen LogP contribution in [0.2, 0.25) is 10.0 Å². The molecule has 1 aliphatic carbocycles. The van der Waals surface area contributed by atoms with E-state index in [1.165, 1.54) is 0 Å². The van der Waals surface area contributed by atoms with Gasteiger partial charge in [0.25, 0.3) is 5.91 Å². The van der Waals surface area contributed by atoms with Crippen molar-refractivity contribution in [1.82, 2.24) is 9.44 Å². The van der Waals surface area contributed by atoms with Gasteiger partial charge in [0, 0.05) is 18.2 Å². The number of benzene rings is 2. The van der Waals surface area contributed by atoms with Gasteiger partial charge in [-0.15, -0.1) is 13.2 Å². The van der Waals surface area contributed by atoms with Gasteiger partial charge in [-0.1, -0.05) is 29.6 Å². The molecule has 1 saturated carbocycles. The second kappa shape index (κ2) is 9.30. The Kier molecular flexibility index (Phi) is 7.08. The molecule has 0 atom stereocenters. The van der Waals surface area contributed by atoms with E-state index in [1.807, 2.05) is 0 Å². The molecule has 0 unspecified atom stereocenters. The Morgan fingerprint density at radius 3 is 2.28 bits per heavy atom. The second-order valence-electron chi connectivity index (χ2n) is 6.68. The third-order valence-corrected chi connectivity index (χ3v) is 5.97. The highest BCUT2D eigenvalue weighted by atomic mass is 35.5. The summed E-state index contributed by atoms with van der Waals surface area (Å²) in [6, 6.07) is 4.22. The van der Waals surface area contributed by atoms with Crippen LogP contribution in [-0.4, -0.2) is 26.7 Å². The lowest BCUT2D eigenvalue weighted by atomic mass is 9.94. The van der Waals surface area contributed by atoms with Crippen LogP contribution in [0.3, 0.4) is 0 Å². The Labute approximate surface area is 189 Å². The molecule has 2 aromatic carbocycles. The van der Waals surface area contributed by atoms with E-state index in [0.29, 0.717) is 12.8 Å². The summed E-state index contributed by atoms with van der Waals surface area (Å²) < 4.78 is 88.3. The summed E-state index contributed by atoms with van der Waals surface area (Å²) in [6.07, 6.45) is -2.82. The van der Waals surface area contributed by atoms with E-state index in [1.54, 1.807) is 4.72 Å². The van der Waals surface area contributed by atoms with E-state index in [2.05, 4.69) is 9.46 Å². The van der Waals surface area contributed by atoms with Crippen molar-refractivity contribution in [3.05, 3.63) is 51.8 Å². The van der Waals surface area contributed by atoms with E-state index in [9.17, 15) is 30.8 Å². The monoisotopic (exact) mass is 516 g/mol. The summed E-state index contributed by atoms with van der Waals surface area (Å²) in [5, 5.41) is -0.704. The lowest BCUT2D eigenvalue weighted by Crippen LogP contribution is -2.47. The van der Waals surface area contributed by atoms with Crippen molar-refractivity contribution < 1.29 is 40.2 Å². The predicted octanol–water partition coefficient (Wildman–Crippen LogP) is 4.94. The maximum Gasteiger partial charge on any atom is 0.573 e. The minimum Gasteiger partial charge on any atom is -0.456 e. The first kappa shape index (κ1) is 24.4. The van der Waals surface area contributed by atoms with E-state index < -0.39 is 44.6 Å². The van der Waals surface area contributed by atoms with Crippen molar-refractivity contribution in [2.75, 3.05) is 0 Å². The first-order valence-corrected chi connectivity index (χ1v) is 11.1. The van der Waals surface area contributed by atoms with Crippen LogP contribution in [0.1, 0.15) is 29.6 Å². The SMILES string of the molecule is O=C(NS(=O)(=O)NC1CCC1)c1cc(Cl)c(Oc2ccc(OC(F)(F)F)c(Cl)c2)cc1F. The fourth-order valence-corrected chi connectivity index (χ4v) is 4.11. The Balaban J connectivity index is 1.74. The van der Waals surface area contributed by atoms with Gasteiger partial charge >= 0.3 is 16.6 Å². The Morgan fingerprint density at radius 1 is 1.06 bits per heavy atom. The molecule has 7 nitrogen and oxygen atoms in total. The van der Waals surface area contributed by atoms with Gasteiger partial charge in [-0.3, -0.25) is 4.79 Å². The van der Waals surface area contributed by atoms with Gasteiger partial charge in [0.2, 0.25) is 0 Å². The van der Waals surface area contributed by atoms with Gasteiger partial charge in [0.15, 0.2) is 0 Å². The lowest BCUT2D eigenvalue weighted by molar-refractivity contribution is -0.274. The number of hydrogen-bond acceptors (Lipinski definition) is 5. The number of hydrogen-bond donors (Lipinski definition) is 2. The largest absolute Gasteiger partial charge is 0.573 e. The molecule has 0 heterocycles. The Morgan fingerprint density at radius 2 is 1.72 bits per heavy atom. The molecular formula is C18H14Cl2F4N2O5S. The van der Waals surface area contributed by atoms with Crippen molar-refractivity contribution in [3.63, 3.8) is 0 Å². The molecule has 0 spiro atoms. The van der Waals surface area contributed by atoms with Crippen molar-refractivity contribution in [2.45, 2.75) is 31.7 Å². The molecular weight excluding hydrogens is 503 g/mol. The number of ether oxygens (including phenoxy) is 2. The zero-order valence-corrected chi connectivity index (χ0v) is 18.1. The molecule has 32 heavy (non-hydrogen) atoms. The van der Waals surface area contributed by atoms with Crippen LogP contribution in [0.4, 0.5) is 17.6 Å². The van der Waals surface area contributed by atoms with Crippen LogP contribution in [0, 0.1) is 5.82 Å². The first-order valence-electron chi connectivity index (χ1n) is 8.89.